The van der Waals surface area contributed by atoms with Crippen molar-refractivity contribution in [3.05, 3.63) is 61.5 Å². The minimum Gasteiger partial charge on any atom is -0.493 e. The molecule has 0 aliphatic carbocycles. The van der Waals surface area contributed by atoms with Gasteiger partial charge in [-0.15, -0.1) is 11.6 Å². The molecule has 0 N–H and O–H groups in total. The highest BCUT2D eigenvalue weighted by Crippen LogP contribution is 2.45. The summed E-state index contributed by atoms with van der Waals surface area (Å²) < 4.78 is 6.69. The number of hydrogen-bond donors (Lipinski definition) is 0. The number of halogens is 4. The number of benzene rings is 2. The lowest BCUT2D eigenvalue weighted by atomic mass is 10.0. The van der Waals surface area contributed by atoms with Crippen LogP contribution in [0.25, 0.3) is 0 Å². The van der Waals surface area contributed by atoms with Crippen LogP contribution in [-0.2, 0) is 6.42 Å². The van der Waals surface area contributed by atoms with Gasteiger partial charge in [0.05, 0.1) is 12.0 Å². The van der Waals surface area contributed by atoms with E-state index >= 15 is 0 Å². The van der Waals surface area contributed by atoms with E-state index in [1.54, 1.807) is 18.2 Å². The van der Waals surface area contributed by atoms with Crippen molar-refractivity contribution < 1.29 is 4.74 Å². The molecular formula is C15H10BrCl3O. The van der Waals surface area contributed by atoms with Crippen LogP contribution in [0.3, 0.4) is 0 Å². The highest BCUT2D eigenvalue weighted by Gasteiger charge is 2.25. The number of ether oxygens (including phenoxy) is 1. The first-order valence-electron chi connectivity index (χ1n) is 6.11. The molecule has 20 heavy (non-hydrogen) atoms. The molecule has 0 amide bonds. The van der Waals surface area contributed by atoms with E-state index in [-0.39, 0.29) is 0 Å². The molecule has 0 radical (unpaired) electrons. The Bertz CT molecular complexity index is 652. The van der Waals surface area contributed by atoms with E-state index in [2.05, 4.69) is 22.0 Å². The van der Waals surface area contributed by atoms with E-state index in [4.69, 9.17) is 39.5 Å². The average Bonchev–Trinajstić information content (AvgIpc) is 2.85. The van der Waals surface area contributed by atoms with Gasteiger partial charge < -0.3 is 4.74 Å². The number of rotatable bonds is 2. The van der Waals surface area contributed by atoms with Gasteiger partial charge in [-0.3, -0.25) is 0 Å². The lowest BCUT2D eigenvalue weighted by Crippen LogP contribution is -1.99. The molecule has 5 heteroatoms. The fraction of sp³-hybridized carbons (Fsp3) is 0.200. The van der Waals surface area contributed by atoms with Gasteiger partial charge in [0.2, 0.25) is 0 Å². The Labute approximate surface area is 140 Å². The van der Waals surface area contributed by atoms with Gasteiger partial charge in [-0.1, -0.05) is 45.2 Å². The van der Waals surface area contributed by atoms with E-state index in [0.29, 0.717) is 22.2 Å². The molecule has 0 saturated carbocycles. The Morgan fingerprint density at radius 2 is 1.85 bits per heavy atom. The molecule has 1 aliphatic heterocycles. The topological polar surface area (TPSA) is 9.23 Å². The van der Waals surface area contributed by atoms with Crippen molar-refractivity contribution in [2.24, 2.45) is 0 Å². The second-order valence-corrected chi connectivity index (χ2v) is 6.75. The molecule has 3 rings (SSSR count). The van der Waals surface area contributed by atoms with Crippen LogP contribution >= 0.6 is 50.7 Å². The monoisotopic (exact) mass is 390 g/mol. The van der Waals surface area contributed by atoms with Crippen molar-refractivity contribution in [2.75, 3.05) is 6.61 Å². The molecule has 0 aromatic heterocycles. The summed E-state index contributed by atoms with van der Waals surface area (Å²) in [6.07, 6.45) is 0.891. The van der Waals surface area contributed by atoms with Crippen molar-refractivity contribution >= 4 is 50.7 Å². The standard InChI is InChI=1S/C15H10BrCl3O/c16-9-6-8-4-5-20-15(8)10(7-9)14(19)13-11(17)2-1-3-12(13)18/h1-3,6-7,14H,4-5H2. The normalized spacial score (nSPS) is 14.8. The summed E-state index contributed by atoms with van der Waals surface area (Å²) in [5, 5.41) is 0.675. The zero-order chi connectivity index (χ0) is 14.3. The summed E-state index contributed by atoms with van der Waals surface area (Å²) in [5.41, 5.74) is 2.76. The quantitative estimate of drug-likeness (QED) is 0.568. The molecule has 1 heterocycles. The van der Waals surface area contributed by atoms with Gasteiger partial charge in [0.15, 0.2) is 0 Å². The fourth-order valence-electron chi connectivity index (χ4n) is 2.39. The highest BCUT2D eigenvalue weighted by molar-refractivity contribution is 9.10. The Balaban J connectivity index is 2.14. The maximum Gasteiger partial charge on any atom is 0.127 e. The number of fused-ring (bicyclic) bond motifs is 1. The Kier molecular flexibility index (Phi) is 4.19. The molecule has 1 nitrogen and oxygen atoms in total. The summed E-state index contributed by atoms with van der Waals surface area (Å²) in [6, 6.07) is 9.40. The zero-order valence-electron chi connectivity index (χ0n) is 10.3. The minimum absolute atomic E-state index is 0.444. The second kappa shape index (κ2) is 5.76. The SMILES string of the molecule is Clc1cccc(Cl)c1C(Cl)c1cc(Br)cc2c1OCC2. The van der Waals surface area contributed by atoms with Crippen LogP contribution < -0.4 is 4.74 Å². The molecular weight excluding hydrogens is 382 g/mol. The van der Waals surface area contributed by atoms with Gasteiger partial charge in [-0.05, 0) is 29.8 Å². The van der Waals surface area contributed by atoms with Crippen molar-refractivity contribution in [3.8, 4) is 5.75 Å². The smallest absolute Gasteiger partial charge is 0.127 e. The molecule has 0 bridgehead atoms. The summed E-state index contributed by atoms with van der Waals surface area (Å²) >= 11 is 22.6. The Morgan fingerprint density at radius 1 is 1.15 bits per heavy atom. The molecule has 0 spiro atoms. The van der Waals surface area contributed by atoms with E-state index < -0.39 is 5.38 Å². The number of alkyl halides is 1. The predicted molar refractivity (Wildman–Crippen MR) is 87.5 cm³/mol. The molecule has 104 valence electrons. The molecule has 1 unspecified atom stereocenters. The third kappa shape index (κ3) is 2.55. The van der Waals surface area contributed by atoms with Crippen LogP contribution in [0.5, 0.6) is 5.75 Å². The summed E-state index contributed by atoms with van der Waals surface area (Å²) in [5.74, 6) is 0.851. The summed E-state index contributed by atoms with van der Waals surface area (Å²) in [7, 11) is 0. The molecule has 0 saturated heterocycles. The van der Waals surface area contributed by atoms with Crippen molar-refractivity contribution in [3.63, 3.8) is 0 Å². The van der Waals surface area contributed by atoms with Gasteiger partial charge >= 0.3 is 0 Å². The van der Waals surface area contributed by atoms with Gasteiger partial charge in [0.25, 0.3) is 0 Å². The van der Waals surface area contributed by atoms with E-state index in [1.165, 1.54) is 0 Å². The van der Waals surface area contributed by atoms with Crippen LogP contribution in [0.2, 0.25) is 10.0 Å². The van der Waals surface area contributed by atoms with Crippen LogP contribution in [0, 0.1) is 0 Å². The van der Waals surface area contributed by atoms with Crippen molar-refractivity contribution in [1.29, 1.82) is 0 Å². The molecule has 2 aromatic carbocycles. The zero-order valence-corrected chi connectivity index (χ0v) is 14.2. The van der Waals surface area contributed by atoms with E-state index in [9.17, 15) is 0 Å². The first-order chi connectivity index (χ1) is 9.58. The second-order valence-electron chi connectivity index (χ2n) is 4.58. The van der Waals surface area contributed by atoms with Gasteiger partial charge in [-0.25, -0.2) is 0 Å². The minimum atomic E-state index is -0.444. The van der Waals surface area contributed by atoms with Crippen molar-refractivity contribution in [2.45, 2.75) is 11.8 Å². The van der Waals surface area contributed by atoms with Gasteiger partial charge in [0, 0.05) is 32.1 Å². The van der Waals surface area contributed by atoms with Crippen LogP contribution in [0.4, 0.5) is 0 Å². The highest BCUT2D eigenvalue weighted by atomic mass is 79.9. The maximum atomic E-state index is 6.63. The van der Waals surface area contributed by atoms with Crippen LogP contribution in [0.1, 0.15) is 22.1 Å². The third-order valence-electron chi connectivity index (χ3n) is 3.30. The maximum absolute atomic E-state index is 6.63. The van der Waals surface area contributed by atoms with Gasteiger partial charge in [-0.2, -0.15) is 0 Å². The largest absolute Gasteiger partial charge is 0.493 e. The van der Waals surface area contributed by atoms with E-state index in [1.807, 2.05) is 6.07 Å². The number of hydrogen-bond acceptors (Lipinski definition) is 1. The average molecular weight is 393 g/mol. The third-order valence-corrected chi connectivity index (χ3v) is 4.87. The summed E-state index contributed by atoms with van der Waals surface area (Å²) in [4.78, 5) is 0. The predicted octanol–water partition coefficient (Wildman–Crippen LogP) is 6.02. The van der Waals surface area contributed by atoms with Crippen molar-refractivity contribution in [1.82, 2.24) is 0 Å². The first-order valence-corrected chi connectivity index (χ1v) is 8.09. The first kappa shape index (κ1) is 14.5. The molecule has 1 atom stereocenters. The lowest BCUT2D eigenvalue weighted by Gasteiger charge is -2.17. The lowest BCUT2D eigenvalue weighted by molar-refractivity contribution is 0.353. The summed E-state index contributed by atoms with van der Waals surface area (Å²) in [6.45, 7) is 0.679. The molecule has 2 aromatic rings. The Morgan fingerprint density at radius 3 is 2.55 bits per heavy atom. The van der Waals surface area contributed by atoms with Crippen LogP contribution in [-0.4, -0.2) is 6.61 Å². The van der Waals surface area contributed by atoms with Gasteiger partial charge in [0.1, 0.15) is 5.75 Å². The molecule has 0 fully saturated rings. The van der Waals surface area contributed by atoms with Crippen LogP contribution in [0.15, 0.2) is 34.8 Å². The fourth-order valence-corrected chi connectivity index (χ4v) is 4.04. The van der Waals surface area contributed by atoms with E-state index in [0.717, 1.165) is 27.8 Å². The molecule has 1 aliphatic rings. The Hall–Kier alpha value is -0.410.